The molecule has 1 heterocycles. The second-order valence-electron chi connectivity index (χ2n) is 3.11. The highest BCUT2D eigenvalue weighted by molar-refractivity contribution is 5.75. The molecule has 1 aliphatic rings. The first-order valence-corrected chi connectivity index (χ1v) is 4.33. The monoisotopic (exact) mass is 168 g/mol. The van der Waals surface area contributed by atoms with E-state index in [0.29, 0.717) is 0 Å². The van der Waals surface area contributed by atoms with Gasteiger partial charge in [-0.1, -0.05) is 13.5 Å². The lowest BCUT2D eigenvalue weighted by molar-refractivity contribution is -0.128. The molecule has 3 nitrogen and oxygen atoms in total. The van der Waals surface area contributed by atoms with E-state index in [1.165, 1.54) is 0 Å². The van der Waals surface area contributed by atoms with Gasteiger partial charge in [-0.05, 0) is 6.54 Å². The molecular weight excluding hydrogens is 152 g/mol. The van der Waals surface area contributed by atoms with Crippen LogP contribution in [0.5, 0.6) is 0 Å². The van der Waals surface area contributed by atoms with Crippen molar-refractivity contribution in [1.29, 1.82) is 0 Å². The zero-order valence-corrected chi connectivity index (χ0v) is 7.84. The van der Waals surface area contributed by atoms with Crippen molar-refractivity contribution >= 4 is 5.91 Å². The molecular formula is C9H16N2O. The van der Waals surface area contributed by atoms with Crippen molar-refractivity contribution < 1.29 is 4.79 Å². The molecule has 1 fully saturated rings. The largest absolute Gasteiger partial charge is 0.314 e. The molecule has 1 saturated heterocycles. The van der Waals surface area contributed by atoms with Crippen molar-refractivity contribution in [2.75, 3.05) is 26.2 Å². The standard InChI is InChI=1S/C9H16N2O/c1-4-10-5-6-11(9(3)12)8(2)7-10/h2,4-7H2,1,3H3. The molecule has 1 rings (SSSR count). The fraction of sp³-hybridized carbons (Fsp3) is 0.667. The van der Waals surface area contributed by atoms with Crippen molar-refractivity contribution in [3.63, 3.8) is 0 Å². The highest BCUT2D eigenvalue weighted by atomic mass is 16.2. The van der Waals surface area contributed by atoms with E-state index in [9.17, 15) is 4.79 Å². The third-order valence-electron chi connectivity index (χ3n) is 2.26. The number of rotatable bonds is 1. The molecule has 1 aliphatic heterocycles. The maximum absolute atomic E-state index is 11.1. The number of hydrogen-bond donors (Lipinski definition) is 0. The van der Waals surface area contributed by atoms with Crippen LogP contribution in [0.15, 0.2) is 12.3 Å². The SMILES string of the molecule is C=C1CN(CC)CCN1C(C)=O. The van der Waals surface area contributed by atoms with Gasteiger partial charge in [0.1, 0.15) is 0 Å². The summed E-state index contributed by atoms with van der Waals surface area (Å²) in [5, 5.41) is 0. The Balaban J connectivity index is 2.54. The van der Waals surface area contributed by atoms with E-state index in [2.05, 4.69) is 18.4 Å². The first kappa shape index (κ1) is 9.26. The van der Waals surface area contributed by atoms with Gasteiger partial charge in [0.2, 0.25) is 5.91 Å². The van der Waals surface area contributed by atoms with E-state index in [1.807, 2.05) is 0 Å². The van der Waals surface area contributed by atoms with Crippen LogP contribution in [0.1, 0.15) is 13.8 Å². The van der Waals surface area contributed by atoms with Crippen LogP contribution in [0.3, 0.4) is 0 Å². The van der Waals surface area contributed by atoms with Gasteiger partial charge in [-0.3, -0.25) is 9.69 Å². The minimum absolute atomic E-state index is 0.107. The van der Waals surface area contributed by atoms with E-state index < -0.39 is 0 Å². The fourth-order valence-corrected chi connectivity index (χ4v) is 1.47. The van der Waals surface area contributed by atoms with Crippen LogP contribution in [0.4, 0.5) is 0 Å². The van der Waals surface area contributed by atoms with Gasteiger partial charge in [0.25, 0.3) is 0 Å². The average Bonchev–Trinajstić information content (AvgIpc) is 2.03. The van der Waals surface area contributed by atoms with Crippen LogP contribution in [0.2, 0.25) is 0 Å². The smallest absolute Gasteiger partial charge is 0.223 e. The number of piperazine rings is 1. The maximum atomic E-state index is 11.1. The first-order chi connectivity index (χ1) is 5.65. The second-order valence-corrected chi connectivity index (χ2v) is 3.11. The molecule has 0 spiro atoms. The van der Waals surface area contributed by atoms with Gasteiger partial charge in [-0.15, -0.1) is 0 Å². The van der Waals surface area contributed by atoms with Crippen molar-refractivity contribution in [2.24, 2.45) is 0 Å². The predicted octanol–water partition coefficient (Wildman–Crippen LogP) is 0.684. The molecule has 3 heteroatoms. The summed E-state index contributed by atoms with van der Waals surface area (Å²) in [6.07, 6.45) is 0. The molecule has 0 unspecified atom stereocenters. The normalized spacial score (nSPS) is 19.8. The summed E-state index contributed by atoms with van der Waals surface area (Å²) in [7, 11) is 0. The Morgan fingerprint density at radius 2 is 2.25 bits per heavy atom. The third kappa shape index (κ3) is 1.85. The minimum Gasteiger partial charge on any atom is -0.314 e. The summed E-state index contributed by atoms with van der Waals surface area (Å²) in [5.41, 5.74) is 0.926. The van der Waals surface area contributed by atoms with Gasteiger partial charge in [0.15, 0.2) is 0 Å². The fourth-order valence-electron chi connectivity index (χ4n) is 1.47. The predicted molar refractivity (Wildman–Crippen MR) is 48.6 cm³/mol. The Hall–Kier alpha value is -0.830. The van der Waals surface area contributed by atoms with E-state index in [4.69, 9.17) is 0 Å². The molecule has 68 valence electrons. The van der Waals surface area contributed by atoms with E-state index in [-0.39, 0.29) is 5.91 Å². The van der Waals surface area contributed by atoms with Gasteiger partial charge >= 0.3 is 0 Å². The first-order valence-electron chi connectivity index (χ1n) is 4.33. The topological polar surface area (TPSA) is 23.6 Å². The summed E-state index contributed by atoms with van der Waals surface area (Å²) in [6, 6.07) is 0. The van der Waals surface area contributed by atoms with E-state index >= 15 is 0 Å². The Morgan fingerprint density at radius 1 is 1.58 bits per heavy atom. The van der Waals surface area contributed by atoms with Crippen LogP contribution in [-0.4, -0.2) is 41.9 Å². The summed E-state index contributed by atoms with van der Waals surface area (Å²) in [5.74, 6) is 0.107. The zero-order valence-electron chi connectivity index (χ0n) is 7.84. The highest BCUT2D eigenvalue weighted by Gasteiger charge is 2.20. The minimum atomic E-state index is 0.107. The molecule has 12 heavy (non-hydrogen) atoms. The molecule has 1 amide bonds. The summed E-state index contributed by atoms with van der Waals surface area (Å²) in [6.45, 7) is 11.2. The highest BCUT2D eigenvalue weighted by Crippen LogP contribution is 2.10. The van der Waals surface area contributed by atoms with Crippen LogP contribution < -0.4 is 0 Å². The lowest BCUT2D eigenvalue weighted by atomic mass is 10.2. The number of hydrogen-bond acceptors (Lipinski definition) is 2. The van der Waals surface area contributed by atoms with E-state index in [1.54, 1.807) is 11.8 Å². The molecule has 0 aliphatic carbocycles. The lowest BCUT2D eigenvalue weighted by Gasteiger charge is -2.35. The van der Waals surface area contributed by atoms with Crippen LogP contribution in [0, 0.1) is 0 Å². The number of nitrogens with zero attached hydrogens (tertiary/aromatic N) is 2. The Labute approximate surface area is 73.6 Å². The number of carbonyl (C=O) groups is 1. The van der Waals surface area contributed by atoms with Gasteiger partial charge in [0, 0.05) is 32.3 Å². The van der Waals surface area contributed by atoms with Crippen molar-refractivity contribution in [2.45, 2.75) is 13.8 Å². The molecule has 0 bridgehead atoms. The second kappa shape index (κ2) is 3.72. The van der Waals surface area contributed by atoms with Gasteiger partial charge in [-0.2, -0.15) is 0 Å². The van der Waals surface area contributed by atoms with Crippen molar-refractivity contribution in [1.82, 2.24) is 9.80 Å². The zero-order chi connectivity index (χ0) is 9.14. The Bertz CT molecular complexity index is 201. The molecule has 0 aromatic heterocycles. The van der Waals surface area contributed by atoms with Gasteiger partial charge < -0.3 is 4.90 Å². The van der Waals surface area contributed by atoms with Gasteiger partial charge in [0.05, 0.1) is 0 Å². The quantitative estimate of drug-likeness (QED) is 0.575. The molecule has 0 radical (unpaired) electrons. The number of amides is 1. The molecule has 0 aromatic carbocycles. The van der Waals surface area contributed by atoms with Crippen LogP contribution in [0.25, 0.3) is 0 Å². The summed E-state index contributed by atoms with van der Waals surface area (Å²) >= 11 is 0. The van der Waals surface area contributed by atoms with Crippen molar-refractivity contribution in [3.05, 3.63) is 12.3 Å². The third-order valence-corrected chi connectivity index (χ3v) is 2.26. The molecule has 0 saturated carbocycles. The summed E-state index contributed by atoms with van der Waals surface area (Å²) < 4.78 is 0. The van der Waals surface area contributed by atoms with Crippen LogP contribution >= 0.6 is 0 Å². The molecule has 0 aromatic rings. The van der Waals surface area contributed by atoms with Crippen LogP contribution in [-0.2, 0) is 4.79 Å². The van der Waals surface area contributed by atoms with E-state index in [0.717, 1.165) is 31.9 Å². The average molecular weight is 168 g/mol. The number of carbonyl (C=O) groups excluding carboxylic acids is 1. The van der Waals surface area contributed by atoms with Crippen molar-refractivity contribution in [3.8, 4) is 0 Å². The van der Waals surface area contributed by atoms with Gasteiger partial charge in [-0.25, -0.2) is 0 Å². The summed E-state index contributed by atoms with van der Waals surface area (Å²) in [4.78, 5) is 15.1. The Morgan fingerprint density at radius 3 is 2.67 bits per heavy atom. The maximum Gasteiger partial charge on any atom is 0.223 e. The Kier molecular flexibility index (Phi) is 2.87. The molecule has 0 N–H and O–H groups in total. The number of likely N-dealkylation sites (N-methyl/N-ethyl adjacent to an activating group) is 1. The molecule has 0 atom stereocenters. The lowest BCUT2D eigenvalue weighted by Crippen LogP contribution is -2.45.